The van der Waals surface area contributed by atoms with Crippen LogP contribution in [0.5, 0.6) is 0 Å². The number of nitrogens with zero attached hydrogens (tertiary/aromatic N) is 1. The van der Waals surface area contributed by atoms with Gasteiger partial charge in [-0.1, -0.05) is 29.8 Å². The Kier molecular flexibility index (Phi) is 6.55. The van der Waals surface area contributed by atoms with Gasteiger partial charge in [0.25, 0.3) is 0 Å². The summed E-state index contributed by atoms with van der Waals surface area (Å²) in [5.74, 6) is -0.241. The van der Waals surface area contributed by atoms with E-state index in [4.69, 9.17) is 16.3 Å². The fourth-order valence-corrected chi connectivity index (χ4v) is 5.34. The molecule has 0 aliphatic carbocycles. The van der Waals surface area contributed by atoms with Gasteiger partial charge in [-0.2, -0.15) is 0 Å². The Labute approximate surface area is 159 Å². The number of ether oxygens (including phenoxy) is 1. The molecule has 3 rings (SSSR count). The van der Waals surface area contributed by atoms with E-state index >= 15 is 0 Å². The number of sulfonamides is 1. The van der Waals surface area contributed by atoms with E-state index in [0.29, 0.717) is 43.1 Å². The molecule has 2 saturated heterocycles. The molecule has 1 N–H and O–H groups in total. The summed E-state index contributed by atoms with van der Waals surface area (Å²) in [5, 5.41) is 3.40. The molecule has 1 aromatic rings. The summed E-state index contributed by atoms with van der Waals surface area (Å²) in [6.07, 6.45) is 3.23. The molecule has 1 aromatic carbocycles. The molecule has 0 bridgehead atoms. The van der Waals surface area contributed by atoms with E-state index in [1.54, 1.807) is 24.3 Å². The van der Waals surface area contributed by atoms with Crippen LogP contribution >= 0.6 is 11.6 Å². The van der Waals surface area contributed by atoms with E-state index < -0.39 is 10.0 Å². The quantitative estimate of drug-likeness (QED) is 0.794. The lowest BCUT2D eigenvalue weighted by Gasteiger charge is -2.30. The van der Waals surface area contributed by atoms with Gasteiger partial charge >= 0.3 is 0 Å². The molecule has 0 spiro atoms. The third kappa shape index (κ3) is 4.97. The first-order valence-electron chi connectivity index (χ1n) is 9.06. The van der Waals surface area contributed by atoms with Gasteiger partial charge in [0.2, 0.25) is 15.9 Å². The number of rotatable bonds is 6. The molecule has 144 valence electrons. The van der Waals surface area contributed by atoms with Crippen molar-refractivity contribution in [1.82, 2.24) is 9.62 Å². The van der Waals surface area contributed by atoms with Crippen molar-refractivity contribution in [3.63, 3.8) is 0 Å². The van der Waals surface area contributed by atoms with Gasteiger partial charge in [-0.15, -0.1) is 0 Å². The highest BCUT2D eigenvalue weighted by molar-refractivity contribution is 7.88. The Morgan fingerprint density at radius 1 is 1.23 bits per heavy atom. The lowest BCUT2D eigenvalue weighted by molar-refractivity contribution is -0.126. The standard InChI is InChI=1S/C18H25ClN2O4S/c19-17-6-2-1-4-15(17)13-26(23,24)21-9-7-14(8-10-21)18(22)20-12-16-5-3-11-25-16/h1-2,4,6,14,16H,3,5,7-13H2,(H,20,22)/t16-/m1/s1. The van der Waals surface area contributed by atoms with E-state index in [2.05, 4.69) is 5.32 Å². The van der Waals surface area contributed by atoms with Crippen molar-refractivity contribution >= 4 is 27.5 Å². The summed E-state index contributed by atoms with van der Waals surface area (Å²) in [5.41, 5.74) is 0.602. The lowest BCUT2D eigenvalue weighted by Crippen LogP contribution is -2.44. The summed E-state index contributed by atoms with van der Waals surface area (Å²) in [6.45, 7) is 2.04. The Bertz CT molecular complexity index is 726. The molecular weight excluding hydrogens is 376 g/mol. The molecule has 0 radical (unpaired) electrons. The van der Waals surface area contributed by atoms with Crippen LogP contribution in [-0.4, -0.2) is 51.0 Å². The van der Waals surface area contributed by atoms with Crippen LogP contribution in [-0.2, 0) is 25.3 Å². The predicted molar refractivity (Wildman–Crippen MR) is 100 cm³/mol. The van der Waals surface area contributed by atoms with Gasteiger partial charge in [-0.05, 0) is 37.3 Å². The number of nitrogens with one attached hydrogen (secondary N) is 1. The first-order valence-corrected chi connectivity index (χ1v) is 11.0. The number of carbonyl (C=O) groups excluding carboxylic acids is 1. The number of piperidine rings is 1. The zero-order valence-electron chi connectivity index (χ0n) is 14.7. The van der Waals surface area contributed by atoms with Crippen molar-refractivity contribution in [3.05, 3.63) is 34.9 Å². The molecule has 26 heavy (non-hydrogen) atoms. The van der Waals surface area contributed by atoms with Crippen LogP contribution in [0.15, 0.2) is 24.3 Å². The van der Waals surface area contributed by atoms with E-state index in [-0.39, 0.29) is 23.7 Å². The first-order chi connectivity index (χ1) is 12.5. The number of halogens is 1. The van der Waals surface area contributed by atoms with Gasteiger partial charge in [-0.3, -0.25) is 4.79 Å². The van der Waals surface area contributed by atoms with Crippen molar-refractivity contribution in [2.24, 2.45) is 5.92 Å². The van der Waals surface area contributed by atoms with Crippen LogP contribution in [0.3, 0.4) is 0 Å². The van der Waals surface area contributed by atoms with Crippen LogP contribution in [0.1, 0.15) is 31.2 Å². The molecular formula is C18H25ClN2O4S. The highest BCUT2D eigenvalue weighted by Gasteiger charge is 2.31. The van der Waals surface area contributed by atoms with Crippen molar-refractivity contribution in [2.75, 3.05) is 26.2 Å². The number of amides is 1. The predicted octanol–water partition coefficient (Wildman–Crippen LogP) is 2.18. The molecule has 2 heterocycles. The average molecular weight is 401 g/mol. The number of hydrogen-bond acceptors (Lipinski definition) is 4. The largest absolute Gasteiger partial charge is 0.376 e. The Morgan fingerprint density at radius 2 is 1.96 bits per heavy atom. The molecule has 0 aromatic heterocycles. The molecule has 8 heteroatoms. The smallest absolute Gasteiger partial charge is 0.223 e. The van der Waals surface area contributed by atoms with Crippen molar-refractivity contribution in [2.45, 2.75) is 37.5 Å². The van der Waals surface area contributed by atoms with Crippen LogP contribution in [0.4, 0.5) is 0 Å². The molecule has 1 atom stereocenters. The summed E-state index contributed by atoms with van der Waals surface area (Å²) in [7, 11) is -3.44. The highest BCUT2D eigenvalue weighted by Crippen LogP contribution is 2.24. The number of hydrogen-bond donors (Lipinski definition) is 1. The summed E-state index contributed by atoms with van der Waals surface area (Å²) in [6, 6.07) is 6.97. The van der Waals surface area contributed by atoms with E-state index in [1.807, 2.05) is 0 Å². The van der Waals surface area contributed by atoms with Gasteiger partial charge in [-0.25, -0.2) is 12.7 Å². The second kappa shape index (κ2) is 8.69. The highest BCUT2D eigenvalue weighted by atomic mass is 35.5. The van der Waals surface area contributed by atoms with Crippen LogP contribution in [0.2, 0.25) is 5.02 Å². The maximum atomic E-state index is 12.6. The minimum Gasteiger partial charge on any atom is -0.376 e. The summed E-state index contributed by atoms with van der Waals surface area (Å²) in [4.78, 5) is 12.3. The monoisotopic (exact) mass is 400 g/mol. The fourth-order valence-electron chi connectivity index (χ4n) is 3.46. The Hall–Kier alpha value is -1.15. The second-order valence-electron chi connectivity index (χ2n) is 6.90. The van der Waals surface area contributed by atoms with E-state index in [9.17, 15) is 13.2 Å². The van der Waals surface area contributed by atoms with Crippen molar-refractivity contribution in [3.8, 4) is 0 Å². The maximum absolute atomic E-state index is 12.6. The topological polar surface area (TPSA) is 75.7 Å². The SMILES string of the molecule is O=C(NC[C@H]1CCCO1)C1CCN(S(=O)(=O)Cc2ccccc2Cl)CC1. The minimum absolute atomic E-state index is 0.00338. The van der Waals surface area contributed by atoms with Crippen LogP contribution < -0.4 is 5.32 Å². The van der Waals surface area contributed by atoms with Crippen LogP contribution in [0.25, 0.3) is 0 Å². The molecule has 6 nitrogen and oxygen atoms in total. The molecule has 2 fully saturated rings. The van der Waals surface area contributed by atoms with Crippen LogP contribution in [0, 0.1) is 5.92 Å². The molecule has 0 unspecified atom stereocenters. The molecule has 0 saturated carbocycles. The maximum Gasteiger partial charge on any atom is 0.223 e. The van der Waals surface area contributed by atoms with E-state index in [0.717, 1.165) is 19.4 Å². The number of carbonyl (C=O) groups is 1. The van der Waals surface area contributed by atoms with Crippen molar-refractivity contribution in [1.29, 1.82) is 0 Å². The lowest BCUT2D eigenvalue weighted by atomic mass is 9.97. The zero-order chi connectivity index (χ0) is 18.6. The van der Waals surface area contributed by atoms with Gasteiger partial charge in [0, 0.05) is 37.2 Å². The Balaban J connectivity index is 1.49. The minimum atomic E-state index is -3.44. The van der Waals surface area contributed by atoms with Gasteiger partial charge in [0.1, 0.15) is 0 Å². The second-order valence-corrected chi connectivity index (χ2v) is 9.28. The zero-order valence-corrected chi connectivity index (χ0v) is 16.3. The van der Waals surface area contributed by atoms with Crippen molar-refractivity contribution < 1.29 is 17.9 Å². The molecule has 2 aliphatic rings. The Morgan fingerprint density at radius 3 is 2.62 bits per heavy atom. The first kappa shape index (κ1) is 19.6. The van der Waals surface area contributed by atoms with Gasteiger partial charge in [0.15, 0.2) is 0 Å². The van der Waals surface area contributed by atoms with Gasteiger partial charge < -0.3 is 10.1 Å². The normalized spacial score (nSPS) is 22.4. The molecule has 2 aliphatic heterocycles. The molecule has 1 amide bonds. The third-order valence-corrected chi connectivity index (χ3v) is 7.24. The summed E-state index contributed by atoms with van der Waals surface area (Å²) >= 11 is 6.08. The van der Waals surface area contributed by atoms with E-state index in [1.165, 1.54) is 4.31 Å². The fraction of sp³-hybridized carbons (Fsp3) is 0.611. The van der Waals surface area contributed by atoms with Gasteiger partial charge in [0.05, 0.1) is 11.9 Å². The third-order valence-electron chi connectivity index (χ3n) is 5.04. The number of benzene rings is 1. The average Bonchev–Trinajstić information content (AvgIpc) is 3.15. The summed E-state index contributed by atoms with van der Waals surface area (Å²) < 4.78 is 32.2.